The fourth-order valence-corrected chi connectivity index (χ4v) is 4.01. The molecule has 0 aromatic heterocycles. The summed E-state index contributed by atoms with van der Waals surface area (Å²) in [5, 5.41) is 0. The van der Waals surface area contributed by atoms with Gasteiger partial charge in [0.05, 0.1) is 5.92 Å². The summed E-state index contributed by atoms with van der Waals surface area (Å²) < 4.78 is 6.00. The Morgan fingerprint density at radius 2 is 1.21 bits per heavy atom. The zero-order valence-corrected chi connectivity index (χ0v) is 19.5. The van der Waals surface area contributed by atoms with E-state index in [0.29, 0.717) is 0 Å². The first-order valence-electron chi connectivity index (χ1n) is 12.5. The van der Waals surface area contributed by atoms with Gasteiger partial charge in [-0.25, -0.2) is 0 Å². The zero-order valence-electron chi connectivity index (χ0n) is 19.5. The second-order valence-electron chi connectivity index (χ2n) is 8.55. The third kappa shape index (κ3) is 12.1. The van der Waals surface area contributed by atoms with Gasteiger partial charge in [0.25, 0.3) is 0 Å². The minimum Gasteiger partial charge on any atom is -0.457 e. The second kappa shape index (κ2) is 17.5. The van der Waals surface area contributed by atoms with E-state index >= 15 is 0 Å². The van der Waals surface area contributed by atoms with Crippen molar-refractivity contribution in [2.24, 2.45) is 5.92 Å². The van der Waals surface area contributed by atoms with Crippen LogP contribution in [-0.4, -0.2) is 5.97 Å². The van der Waals surface area contributed by atoms with Crippen LogP contribution in [0.1, 0.15) is 129 Å². The van der Waals surface area contributed by atoms with Crippen LogP contribution in [0.5, 0.6) is 0 Å². The van der Waals surface area contributed by atoms with Crippen LogP contribution in [-0.2, 0) is 9.53 Å². The number of carbonyl (C=O) groups is 1. The molecule has 166 valence electrons. The summed E-state index contributed by atoms with van der Waals surface area (Å²) in [6, 6.07) is 10.2. The molecule has 1 aromatic carbocycles. The highest BCUT2D eigenvalue weighted by Crippen LogP contribution is 2.26. The van der Waals surface area contributed by atoms with Gasteiger partial charge in [-0.15, -0.1) is 0 Å². The number of hydrogen-bond donors (Lipinski definition) is 0. The first-order valence-corrected chi connectivity index (χ1v) is 12.5. The summed E-state index contributed by atoms with van der Waals surface area (Å²) >= 11 is 0. The first-order chi connectivity index (χ1) is 14.2. The van der Waals surface area contributed by atoms with E-state index in [1.54, 1.807) is 0 Å². The Bertz CT molecular complexity index is 481. The molecule has 0 N–H and O–H groups in total. The van der Waals surface area contributed by atoms with Gasteiger partial charge >= 0.3 is 5.97 Å². The normalized spacial score (nSPS) is 12.3. The highest BCUT2D eigenvalue weighted by Gasteiger charge is 2.23. The second-order valence-corrected chi connectivity index (χ2v) is 8.55. The highest BCUT2D eigenvalue weighted by atomic mass is 16.5. The SMILES string of the molecule is CCCCCCCCC(CCCCCCCC)C(=O)OC(CC)c1ccccc1. The molecule has 0 radical (unpaired) electrons. The molecular weight excluding hydrogens is 356 g/mol. The number of carbonyl (C=O) groups excluding carboxylic acids is 1. The smallest absolute Gasteiger partial charge is 0.309 e. The molecule has 0 aliphatic heterocycles. The molecule has 0 saturated carbocycles. The largest absolute Gasteiger partial charge is 0.457 e. The fourth-order valence-electron chi connectivity index (χ4n) is 4.01. The molecule has 1 rings (SSSR count). The molecule has 1 aromatic rings. The molecule has 0 spiro atoms. The van der Waals surface area contributed by atoms with Gasteiger partial charge in [-0.2, -0.15) is 0 Å². The third-order valence-electron chi connectivity index (χ3n) is 5.95. The maximum absolute atomic E-state index is 13.0. The standard InChI is InChI=1S/C27H46O2/c1-4-7-9-11-13-16-22-25(23-17-14-12-10-8-5-2)27(28)29-26(6-3)24-20-18-15-19-21-24/h15,18-21,25-26H,4-14,16-17,22-23H2,1-3H3. The lowest BCUT2D eigenvalue weighted by atomic mass is 9.94. The van der Waals surface area contributed by atoms with Crippen molar-refractivity contribution < 1.29 is 9.53 Å². The molecule has 0 saturated heterocycles. The van der Waals surface area contributed by atoms with Crippen LogP contribution in [0.4, 0.5) is 0 Å². The minimum atomic E-state index is -0.111. The Hall–Kier alpha value is -1.31. The van der Waals surface area contributed by atoms with E-state index < -0.39 is 0 Å². The molecule has 0 fully saturated rings. The van der Waals surface area contributed by atoms with E-state index in [0.717, 1.165) is 37.7 Å². The van der Waals surface area contributed by atoms with E-state index in [1.165, 1.54) is 64.2 Å². The van der Waals surface area contributed by atoms with Gasteiger partial charge in [0.15, 0.2) is 0 Å². The summed E-state index contributed by atoms with van der Waals surface area (Å²) in [4.78, 5) is 13.0. The maximum atomic E-state index is 13.0. The molecular formula is C27H46O2. The molecule has 0 aliphatic carbocycles. The lowest BCUT2D eigenvalue weighted by Gasteiger charge is -2.21. The van der Waals surface area contributed by atoms with Crippen molar-refractivity contribution in [3.8, 4) is 0 Å². The number of unbranched alkanes of at least 4 members (excludes halogenated alkanes) is 10. The lowest BCUT2D eigenvalue weighted by molar-refractivity contribution is -0.155. The quantitative estimate of drug-likeness (QED) is 0.181. The van der Waals surface area contributed by atoms with E-state index in [2.05, 4.69) is 32.9 Å². The van der Waals surface area contributed by atoms with Crippen LogP contribution in [0.25, 0.3) is 0 Å². The first kappa shape index (κ1) is 25.7. The van der Waals surface area contributed by atoms with Gasteiger partial charge in [0, 0.05) is 0 Å². The summed E-state index contributed by atoms with van der Waals surface area (Å²) in [5.41, 5.74) is 1.11. The molecule has 0 bridgehead atoms. The van der Waals surface area contributed by atoms with Crippen molar-refractivity contribution in [2.75, 3.05) is 0 Å². The Balaban J connectivity index is 2.51. The fraction of sp³-hybridized carbons (Fsp3) is 0.741. The molecule has 1 unspecified atom stereocenters. The van der Waals surface area contributed by atoms with E-state index in [9.17, 15) is 4.79 Å². The number of ether oxygens (including phenoxy) is 1. The van der Waals surface area contributed by atoms with E-state index in [4.69, 9.17) is 4.74 Å². The predicted octanol–water partition coefficient (Wildman–Crippen LogP) is 8.80. The van der Waals surface area contributed by atoms with Crippen LogP contribution in [0.3, 0.4) is 0 Å². The molecule has 2 nitrogen and oxygen atoms in total. The molecule has 29 heavy (non-hydrogen) atoms. The van der Waals surface area contributed by atoms with Crippen molar-refractivity contribution in [1.82, 2.24) is 0 Å². The maximum Gasteiger partial charge on any atom is 0.309 e. The number of esters is 1. The highest BCUT2D eigenvalue weighted by molar-refractivity contribution is 5.72. The molecule has 2 heteroatoms. The minimum absolute atomic E-state index is 0.0304. The van der Waals surface area contributed by atoms with Gasteiger partial charge in [-0.05, 0) is 24.8 Å². The average Bonchev–Trinajstić information content (AvgIpc) is 2.75. The van der Waals surface area contributed by atoms with Gasteiger partial charge in [0.2, 0.25) is 0 Å². The topological polar surface area (TPSA) is 26.3 Å². The number of hydrogen-bond acceptors (Lipinski definition) is 2. The Kier molecular flexibility index (Phi) is 15.6. The monoisotopic (exact) mass is 402 g/mol. The van der Waals surface area contributed by atoms with Gasteiger partial charge < -0.3 is 4.74 Å². The average molecular weight is 403 g/mol. The number of benzene rings is 1. The Morgan fingerprint density at radius 1 is 0.724 bits per heavy atom. The third-order valence-corrected chi connectivity index (χ3v) is 5.95. The lowest BCUT2D eigenvalue weighted by Crippen LogP contribution is -2.20. The molecule has 0 heterocycles. The summed E-state index contributed by atoms with van der Waals surface area (Å²) in [6.45, 7) is 6.61. The van der Waals surface area contributed by atoms with Crippen molar-refractivity contribution in [1.29, 1.82) is 0 Å². The molecule has 0 amide bonds. The summed E-state index contributed by atoms with van der Waals surface area (Å²) in [6.07, 6.45) is 18.0. The van der Waals surface area contributed by atoms with Crippen molar-refractivity contribution >= 4 is 5.97 Å². The van der Waals surface area contributed by atoms with E-state index in [1.807, 2.05) is 18.2 Å². The zero-order chi connectivity index (χ0) is 21.2. The summed E-state index contributed by atoms with van der Waals surface area (Å²) in [5.74, 6) is 0.105. The van der Waals surface area contributed by atoms with Gasteiger partial charge in [0.1, 0.15) is 6.10 Å². The van der Waals surface area contributed by atoms with Crippen LogP contribution in [0.15, 0.2) is 30.3 Å². The van der Waals surface area contributed by atoms with Crippen molar-refractivity contribution in [3.63, 3.8) is 0 Å². The van der Waals surface area contributed by atoms with Crippen LogP contribution < -0.4 is 0 Å². The number of rotatable bonds is 18. The molecule has 0 aliphatic rings. The van der Waals surface area contributed by atoms with Gasteiger partial charge in [-0.1, -0.05) is 128 Å². The summed E-state index contributed by atoms with van der Waals surface area (Å²) in [7, 11) is 0. The predicted molar refractivity (Wildman–Crippen MR) is 125 cm³/mol. The van der Waals surface area contributed by atoms with Crippen LogP contribution in [0.2, 0.25) is 0 Å². The van der Waals surface area contributed by atoms with Crippen LogP contribution >= 0.6 is 0 Å². The van der Waals surface area contributed by atoms with Gasteiger partial charge in [-0.3, -0.25) is 4.79 Å². The Labute approximate surface area is 180 Å². The van der Waals surface area contributed by atoms with Crippen molar-refractivity contribution in [3.05, 3.63) is 35.9 Å². The van der Waals surface area contributed by atoms with Crippen LogP contribution in [0, 0.1) is 5.92 Å². The van der Waals surface area contributed by atoms with Crippen molar-refractivity contribution in [2.45, 2.75) is 123 Å². The molecule has 1 atom stereocenters. The van der Waals surface area contributed by atoms with E-state index in [-0.39, 0.29) is 18.0 Å². The Morgan fingerprint density at radius 3 is 1.69 bits per heavy atom.